The van der Waals surface area contributed by atoms with Gasteiger partial charge >= 0.3 is 0 Å². The number of carbonyl (C=O) groups is 1. The molecule has 5 heteroatoms. The van der Waals surface area contributed by atoms with Crippen LogP contribution in [0.5, 0.6) is 5.75 Å². The molecule has 2 rings (SSSR count). The van der Waals surface area contributed by atoms with Gasteiger partial charge in [-0.1, -0.05) is 6.07 Å². The van der Waals surface area contributed by atoms with Crippen LogP contribution in [0.3, 0.4) is 0 Å². The Morgan fingerprint density at radius 3 is 2.74 bits per heavy atom. The summed E-state index contributed by atoms with van der Waals surface area (Å²) in [4.78, 5) is 16.4. The molecule has 100 valence electrons. The monoisotopic (exact) mass is 276 g/mol. The van der Waals surface area contributed by atoms with E-state index >= 15 is 0 Å². The number of benzene rings is 1. The number of aryl methyl sites for hydroxylation is 2. The number of carbonyl (C=O) groups excluding carboxylic acids is 1. The van der Waals surface area contributed by atoms with E-state index < -0.39 is 0 Å². The molecule has 0 aliphatic heterocycles. The van der Waals surface area contributed by atoms with E-state index in [4.69, 9.17) is 0 Å². The number of aromatic hydroxyl groups is 1. The second kappa shape index (κ2) is 5.40. The molecule has 0 fully saturated rings. The van der Waals surface area contributed by atoms with Gasteiger partial charge in [0, 0.05) is 11.1 Å². The highest BCUT2D eigenvalue weighted by atomic mass is 32.1. The number of hydrogen-bond acceptors (Lipinski definition) is 4. The number of phenolic OH excluding ortho intramolecular Hbond substituents is 1. The zero-order valence-electron chi connectivity index (χ0n) is 11.1. The second-order valence-electron chi connectivity index (χ2n) is 4.54. The Bertz CT molecular complexity index is 607. The van der Waals surface area contributed by atoms with Crippen molar-refractivity contribution < 1.29 is 9.90 Å². The van der Waals surface area contributed by atoms with Gasteiger partial charge in [0.05, 0.1) is 11.6 Å². The van der Waals surface area contributed by atoms with Crippen LogP contribution in [0.4, 0.5) is 0 Å². The quantitative estimate of drug-likeness (QED) is 0.906. The molecule has 0 saturated carbocycles. The van der Waals surface area contributed by atoms with Gasteiger partial charge in [-0.05, 0) is 38.5 Å². The van der Waals surface area contributed by atoms with E-state index in [1.165, 1.54) is 11.3 Å². The van der Waals surface area contributed by atoms with E-state index in [1.807, 2.05) is 26.2 Å². The standard InChI is InChI=1S/C14H16N2O2S/c1-8-4-5-11(12(17)6-8)13(18)16-10(3)14-15-9(2)7-19-14/h4-7,10,17H,1-3H3,(H,16,18). The minimum Gasteiger partial charge on any atom is -0.507 e. The van der Waals surface area contributed by atoms with Gasteiger partial charge < -0.3 is 10.4 Å². The van der Waals surface area contributed by atoms with Gasteiger partial charge in [0.1, 0.15) is 10.8 Å². The highest BCUT2D eigenvalue weighted by molar-refractivity contribution is 7.09. The highest BCUT2D eigenvalue weighted by Gasteiger charge is 2.16. The second-order valence-corrected chi connectivity index (χ2v) is 5.43. The van der Waals surface area contributed by atoms with Crippen molar-refractivity contribution in [2.24, 2.45) is 0 Å². The molecule has 0 spiro atoms. The first-order valence-electron chi connectivity index (χ1n) is 6.00. The molecule has 1 atom stereocenters. The van der Waals surface area contributed by atoms with Gasteiger partial charge in [0.2, 0.25) is 0 Å². The average Bonchev–Trinajstić information content (AvgIpc) is 2.75. The van der Waals surface area contributed by atoms with Gasteiger partial charge in [0.25, 0.3) is 5.91 Å². The minimum atomic E-state index is -0.294. The number of nitrogens with one attached hydrogen (secondary N) is 1. The molecule has 0 saturated heterocycles. The van der Waals surface area contributed by atoms with Crippen molar-refractivity contribution in [3.05, 3.63) is 45.4 Å². The fraction of sp³-hybridized carbons (Fsp3) is 0.286. The van der Waals surface area contributed by atoms with Crippen LogP contribution >= 0.6 is 11.3 Å². The molecule has 1 heterocycles. The minimum absolute atomic E-state index is 0.0000179. The lowest BCUT2D eigenvalue weighted by Crippen LogP contribution is -2.26. The summed E-state index contributed by atoms with van der Waals surface area (Å²) >= 11 is 1.51. The number of phenols is 1. The van der Waals surface area contributed by atoms with Crippen LogP contribution < -0.4 is 5.32 Å². The molecular formula is C14H16N2O2S. The Balaban J connectivity index is 2.12. The molecule has 1 aromatic heterocycles. The normalized spacial score (nSPS) is 12.2. The summed E-state index contributed by atoms with van der Waals surface area (Å²) in [7, 11) is 0. The smallest absolute Gasteiger partial charge is 0.255 e. The van der Waals surface area contributed by atoms with Crippen molar-refractivity contribution in [3.63, 3.8) is 0 Å². The molecule has 0 aliphatic carbocycles. The maximum atomic E-state index is 12.1. The topological polar surface area (TPSA) is 62.2 Å². The fourth-order valence-corrected chi connectivity index (χ4v) is 2.54. The van der Waals surface area contributed by atoms with Crippen molar-refractivity contribution in [2.75, 3.05) is 0 Å². The molecule has 1 amide bonds. The van der Waals surface area contributed by atoms with E-state index in [1.54, 1.807) is 18.2 Å². The van der Waals surface area contributed by atoms with E-state index in [0.29, 0.717) is 0 Å². The lowest BCUT2D eigenvalue weighted by atomic mass is 10.1. The van der Waals surface area contributed by atoms with Gasteiger partial charge in [-0.2, -0.15) is 0 Å². The predicted octanol–water partition coefficient (Wildman–Crippen LogP) is 2.96. The van der Waals surface area contributed by atoms with E-state index in [9.17, 15) is 9.90 Å². The predicted molar refractivity (Wildman–Crippen MR) is 75.6 cm³/mol. The maximum absolute atomic E-state index is 12.1. The highest BCUT2D eigenvalue weighted by Crippen LogP contribution is 2.21. The average molecular weight is 276 g/mol. The first-order chi connectivity index (χ1) is 8.97. The van der Waals surface area contributed by atoms with Crippen LogP contribution in [-0.4, -0.2) is 16.0 Å². The summed E-state index contributed by atoms with van der Waals surface area (Å²) in [6.07, 6.45) is 0. The van der Waals surface area contributed by atoms with Crippen molar-refractivity contribution in [1.82, 2.24) is 10.3 Å². The van der Waals surface area contributed by atoms with E-state index in [0.717, 1.165) is 16.3 Å². The van der Waals surface area contributed by atoms with Crippen LogP contribution in [0.25, 0.3) is 0 Å². The maximum Gasteiger partial charge on any atom is 0.255 e. The molecule has 0 radical (unpaired) electrons. The largest absolute Gasteiger partial charge is 0.507 e. The number of thiazole rings is 1. The van der Waals surface area contributed by atoms with E-state index in [-0.39, 0.29) is 23.3 Å². The summed E-state index contributed by atoms with van der Waals surface area (Å²) in [5, 5.41) is 15.4. The lowest BCUT2D eigenvalue weighted by Gasteiger charge is -2.12. The zero-order valence-corrected chi connectivity index (χ0v) is 11.9. The van der Waals surface area contributed by atoms with Gasteiger partial charge in [0.15, 0.2) is 0 Å². The number of amides is 1. The number of nitrogens with zero attached hydrogens (tertiary/aromatic N) is 1. The molecule has 0 bridgehead atoms. The molecule has 1 aromatic carbocycles. The van der Waals surface area contributed by atoms with Crippen molar-refractivity contribution in [2.45, 2.75) is 26.8 Å². The number of rotatable bonds is 3. The van der Waals surface area contributed by atoms with Crippen LogP contribution in [0.2, 0.25) is 0 Å². The summed E-state index contributed by atoms with van der Waals surface area (Å²) < 4.78 is 0. The molecule has 0 aliphatic rings. The lowest BCUT2D eigenvalue weighted by molar-refractivity contribution is 0.0937. The third kappa shape index (κ3) is 3.12. The Morgan fingerprint density at radius 1 is 1.42 bits per heavy atom. The molecule has 4 nitrogen and oxygen atoms in total. The third-order valence-corrected chi connectivity index (χ3v) is 3.90. The Morgan fingerprint density at radius 2 is 2.16 bits per heavy atom. The van der Waals surface area contributed by atoms with Crippen LogP contribution in [0.1, 0.15) is 39.6 Å². The molecule has 1 unspecified atom stereocenters. The van der Waals surface area contributed by atoms with Gasteiger partial charge in [-0.25, -0.2) is 4.98 Å². The summed E-state index contributed by atoms with van der Waals surface area (Å²) in [5.74, 6) is -0.294. The van der Waals surface area contributed by atoms with Gasteiger partial charge in [-0.3, -0.25) is 4.79 Å². The van der Waals surface area contributed by atoms with Crippen LogP contribution in [-0.2, 0) is 0 Å². The Hall–Kier alpha value is -1.88. The van der Waals surface area contributed by atoms with Crippen LogP contribution in [0, 0.1) is 13.8 Å². The number of aromatic nitrogens is 1. The molecule has 2 N–H and O–H groups in total. The summed E-state index contributed by atoms with van der Waals surface area (Å²) in [6, 6.07) is 4.83. The van der Waals surface area contributed by atoms with Crippen molar-refractivity contribution >= 4 is 17.2 Å². The Kier molecular flexibility index (Phi) is 3.85. The summed E-state index contributed by atoms with van der Waals surface area (Å²) in [6.45, 7) is 5.66. The van der Waals surface area contributed by atoms with Crippen molar-refractivity contribution in [3.8, 4) is 5.75 Å². The third-order valence-electron chi connectivity index (χ3n) is 2.75. The van der Waals surface area contributed by atoms with E-state index in [2.05, 4.69) is 10.3 Å². The molecule has 2 aromatic rings. The van der Waals surface area contributed by atoms with Gasteiger partial charge in [-0.15, -0.1) is 11.3 Å². The summed E-state index contributed by atoms with van der Waals surface area (Å²) in [5.41, 5.74) is 2.14. The first-order valence-corrected chi connectivity index (χ1v) is 6.88. The van der Waals surface area contributed by atoms with Crippen LogP contribution in [0.15, 0.2) is 23.6 Å². The Labute approximate surface area is 116 Å². The molecular weight excluding hydrogens is 260 g/mol. The SMILES string of the molecule is Cc1ccc(C(=O)NC(C)c2nc(C)cs2)c(O)c1. The molecule has 19 heavy (non-hydrogen) atoms. The van der Waals surface area contributed by atoms with Crippen molar-refractivity contribution in [1.29, 1.82) is 0 Å². The fourth-order valence-electron chi connectivity index (χ4n) is 1.74. The zero-order chi connectivity index (χ0) is 14.0. The first kappa shape index (κ1) is 13.5. The number of hydrogen-bond donors (Lipinski definition) is 2.